The molecule has 0 saturated carbocycles. The molecule has 0 amide bonds. The Hall–Kier alpha value is -2.63. The van der Waals surface area contributed by atoms with E-state index in [1.54, 1.807) is 12.1 Å². The second kappa shape index (κ2) is 3.69. The van der Waals surface area contributed by atoms with Gasteiger partial charge >= 0.3 is 5.97 Å². The minimum absolute atomic E-state index is 0.0713. The van der Waals surface area contributed by atoms with Crippen LogP contribution in [-0.2, 0) is 0 Å². The Labute approximate surface area is 100 Å². The van der Waals surface area contributed by atoms with Crippen molar-refractivity contribution in [3.05, 3.63) is 41.8 Å². The predicted molar refractivity (Wildman–Crippen MR) is 62.8 cm³/mol. The maximum absolute atomic E-state index is 13.1. The molecule has 18 heavy (non-hydrogen) atoms. The third-order valence-electron chi connectivity index (χ3n) is 2.72. The fourth-order valence-electron chi connectivity index (χ4n) is 1.89. The molecular weight excluding hydrogens is 237 g/mol. The van der Waals surface area contributed by atoms with Gasteiger partial charge in [0.15, 0.2) is 0 Å². The van der Waals surface area contributed by atoms with Gasteiger partial charge < -0.3 is 10.1 Å². The summed E-state index contributed by atoms with van der Waals surface area (Å²) in [6.45, 7) is 0. The van der Waals surface area contributed by atoms with Crippen molar-refractivity contribution in [3.63, 3.8) is 0 Å². The van der Waals surface area contributed by atoms with Crippen LogP contribution in [0.4, 0.5) is 4.39 Å². The molecule has 6 heteroatoms. The van der Waals surface area contributed by atoms with Crippen molar-refractivity contribution >= 4 is 16.9 Å². The number of rotatable bonds is 2. The molecule has 0 bridgehead atoms. The van der Waals surface area contributed by atoms with Gasteiger partial charge in [-0.15, -0.1) is 0 Å². The Morgan fingerprint density at radius 2 is 2.17 bits per heavy atom. The molecule has 0 unspecified atom stereocenters. The topological polar surface area (TPSA) is 81.8 Å². The fraction of sp³-hybridized carbons (Fsp3) is 0. The molecule has 0 spiro atoms. The highest BCUT2D eigenvalue weighted by molar-refractivity contribution is 5.96. The molecule has 0 saturated heterocycles. The van der Waals surface area contributed by atoms with Crippen molar-refractivity contribution in [1.82, 2.24) is 15.2 Å². The summed E-state index contributed by atoms with van der Waals surface area (Å²) in [5.74, 6) is -1.40. The third-order valence-corrected chi connectivity index (χ3v) is 2.72. The second-order valence-electron chi connectivity index (χ2n) is 3.88. The highest BCUT2D eigenvalue weighted by Crippen LogP contribution is 2.25. The van der Waals surface area contributed by atoms with Gasteiger partial charge in [-0.3, -0.25) is 5.10 Å². The zero-order valence-electron chi connectivity index (χ0n) is 9.07. The number of halogens is 1. The van der Waals surface area contributed by atoms with Gasteiger partial charge in [0.1, 0.15) is 11.4 Å². The van der Waals surface area contributed by atoms with E-state index in [-0.39, 0.29) is 11.4 Å². The number of carboxylic acids is 1. The van der Waals surface area contributed by atoms with Crippen LogP contribution in [0.2, 0.25) is 0 Å². The third kappa shape index (κ3) is 1.55. The lowest BCUT2D eigenvalue weighted by Gasteiger charge is -1.94. The molecule has 1 aromatic carbocycles. The standard InChI is InChI=1S/C12H8FN3O2/c13-7-1-2-9-6(3-7)4-10(15-9)11-8(12(17)18)5-14-16-11/h1-5,15H,(H,14,16)(H,17,18). The molecular formula is C12H8FN3O2. The van der Waals surface area contributed by atoms with Crippen molar-refractivity contribution in [3.8, 4) is 11.4 Å². The molecule has 90 valence electrons. The maximum Gasteiger partial charge on any atom is 0.339 e. The molecule has 0 aliphatic carbocycles. The van der Waals surface area contributed by atoms with Gasteiger partial charge in [0, 0.05) is 10.9 Å². The summed E-state index contributed by atoms with van der Waals surface area (Å²) in [5, 5.41) is 16.0. The van der Waals surface area contributed by atoms with Gasteiger partial charge in [0.2, 0.25) is 0 Å². The van der Waals surface area contributed by atoms with Gasteiger partial charge in [-0.05, 0) is 24.3 Å². The quantitative estimate of drug-likeness (QED) is 0.648. The summed E-state index contributed by atoms with van der Waals surface area (Å²) in [6, 6.07) is 6.00. The number of aromatic amines is 2. The van der Waals surface area contributed by atoms with Crippen molar-refractivity contribution in [2.45, 2.75) is 0 Å². The first-order valence-corrected chi connectivity index (χ1v) is 5.20. The highest BCUT2D eigenvalue weighted by Gasteiger charge is 2.15. The van der Waals surface area contributed by atoms with Crippen LogP contribution in [0.15, 0.2) is 30.5 Å². The van der Waals surface area contributed by atoms with Crippen LogP contribution in [0.3, 0.4) is 0 Å². The largest absolute Gasteiger partial charge is 0.478 e. The normalized spacial score (nSPS) is 10.9. The number of hydrogen-bond donors (Lipinski definition) is 3. The van der Waals surface area contributed by atoms with E-state index >= 15 is 0 Å². The Morgan fingerprint density at radius 1 is 1.33 bits per heavy atom. The molecule has 0 aliphatic heterocycles. The maximum atomic E-state index is 13.1. The minimum Gasteiger partial charge on any atom is -0.478 e. The first kappa shape index (κ1) is 10.5. The molecule has 0 radical (unpaired) electrons. The van der Waals surface area contributed by atoms with Gasteiger partial charge in [0.25, 0.3) is 0 Å². The summed E-state index contributed by atoms with van der Waals surface area (Å²) in [7, 11) is 0. The number of nitrogens with one attached hydrogen (secondary N) is 2. The number of aromatic carboxylic acids is 1. The molecule has 5 nitrogen and oxygen atoms in total. The second-order valence-corrected chi connectivity index (χ2v) is 3.88. The summed E-state index contributed by atoms with van der Waals surface area (Å²) >= 11 is 0. The van der Waals surface area contributed by atoms with Crippen LogP contribution >= 0.6 is 0 Å². The Morgan fingerprint density at radius 3 is 2.94 bits per heavy atom. The van der Waals surface area contributed by atoms with E-state index in [9.17, 15) is 9.18 Å². The summed E-state index contributed by atoms with van der Waals surface area (Å²) in [4.78, 5) is 14.0. The molecule has 3 aromatic rings. The van der Waals surface area contributed by atoms with Crippen molar-refractivity contribution in [2.75, 3.05) is 0 Å². The zero-order valence-corrected chi connectivity index (χ0v) is 9.07. The number of hydrogen-bond acceptors (Lipinski definition) is 2. The average molecular weight is 245 g/mol. The monoisotopic (exact) mass is 245 g/mol. The number of H-pyrrole nitrogens is 2. The van der Waals surface area contributed by atoms with Crippen LogP contribution < -0.4 is 0 Å². The molecule has 0 fully saturated rings. The Kier molecular flexibility index (Phi) is 2.16. The zero-order chi connectivity index (χ0) is 12.7. The number of fused-ring (bicyclic) bond motifs is 1. The first-order valence-electron chi connectivity index (χ1n) is 5.20. The Balaban J connectivity index is 2.19. The molecule has 3 rings (SSSR count). The molecule has 2 heterocycles. The smallest absolute Gasteiger partial charge is 0.339 e. The van der Waals surface area contributed by atoms with E-state index in [0.717, 1.165) is 5.52 Å². The SMILES string of the molecule is O=C(O)c1cn[nH]c1-c1cc2cc(F)ccc2[nH]1. The lowest BCUT2D eigenvalue weighted by atomic mass is 10.2. The average Bonchev–Trinajstić information content (AvgIpc) is 2.93. The lowest BCUT2D eigenvalue weighted by Crippen LogP contribution is -1.96. The van der Waals surface area contributed by atoms with Gasteiger partial charge in [-0.2, -0.15) is 5.10 Å². The number of carboxylic acid groups (broad SMARTS) is 1. The number of benzene rings is 1. The van der Waals surface area contributed by atoms with E-state index in [2.05, 4.69) is 15.2 Å². The van der Waals surface area contributed by atoms with Crippen LogP contribution in [-0.4, -0.2) is 26.3 Å². The number of carbonyl (C=O) groups is 1. The van der Waals surface area contributed by atoms with E-state index in [1.807, 2.05) is 0 Å². The molecule has 3 N–H and O–H groups in total. The molecule has 0 atom stereocenters. The van der Waals surface area contributed by atoms with Gasteiger partial charge in [-0.1, -0.05) is 0 Å². The highest BCUT2D eigenvalue weighted by atomic mass is 19.1. The number of nitrogens with zero attached hydrogens (tertiary/aromatic N) is 1. The Bertz CT molecular complexity index is 745. The van der Waals surface area contributed by atoms with Crippen molar-refractivity contribution < 1.29 is 14.3 Å². The summed E-state index contributed by atoms with van der Waals surface area (Å²) in [5.41, 5.74) is 1.74. The van der Waals surface area contributed by atoms with Gasteiger partial charge in [-0.25, -0.2) is 9.18 Å². The summed E-state index contributed by atoms with van der Waals surface area (Å²) in [6.07, 6.45) is 1.24. The lowest BCUT2D eigenvalue weighted by molar-refractivity contribution is 0.0698. The van der Waals surface area contributed by atoms with E-state index < -0.39 is 5.97 Å². The fourth-order valence-corrected chi connectivity index (χ4v) is 1.89. The van der Waals surface area contributed by atoms with Crippen LogP contribution in [0.25, 0.3) is 22.3 Å². The first-order chi connectivity index (χ1) is 8.65. The van der Waals surface area contributed by atoms with Crippen LogP contribution in [0.1, 0.15) is 10.4 Å². The van der Waals surface area contributed by atoms with Gasteiger partial charge in [0.05, 0.1) is 17.6 Å². The van der Waals surface area contributed by atoms with E-state index in [1.165, 1.54) is 18.3 Å². The van der Waals surface area contributed by atoms with Crippen molar-refractivity contribution in [1.29, 1.82) is 0 Å². The summed E-state index contributed by atoms with van der Waals surface area (Å²) < 4.78 is 13.1. The number of aromatic nitrogens is 3. The predicted octanol–water partition coefficient (Wildman–Crippen LogP) is 2.40. The van der Waals surface area contributed by atoms with Crippen LogP contribution in [0.5, 0.6) is 0 Å². The van der Waals surface area contributed by atoms with Crippen molar-refractivity contribution in [2.24, 2.45) is 0 Å². The van der Waals surface area contributed by atoms with Crippen LogP contribution in [0, 0.1) is 5.82 Å². The molecule has 2 aromatic heterocycles. The van der Waals surface area contributed by atoms with E-state index in [0.29, 0.717) is 16.8 Å². The molecule has 0 aliphatic rings. The van der Waals surface area contributed by atoms with E-state index in [4.69, 9.17) is 5.11 Å². The minimum atomic E-state index is -1.07.